The van der Waals surface area contributed by atoms with Crippen LogP contribution in [-0.4, -0.2) is 36.5 Å². The van der Waals surface area contributed by atoms with Gasteiger partial charge in [-0.2, -0.15) is 0 Å². The lowest BCUT2D eigenvalue weighted by atomic mass is 9.85. The van der Waals surface area contributed by atoms with E-state index < -0.39 is 0 Å². The van der Waals surface area contributed by atoms with Gasteiger partial charge >= 0.3 is 0 Å². The van der Waals surface area contributed by atoms with Crippen molar-refractivity contribution in [3.63, 3.8) is 0 Å². The smallest absolute Gasteiger partial charge is 0.222 e. The van der Waals surface area contributed by atoms with Crippen LogP contribution < -0.4 is 5.32 Å². The Bertz CT molecular complexity index is 238. The van der Waals surface area contributed by atoms with Gasteiger partial charge in [-0.05, 0) is 31.7 Å². The number of nitrogens with one attached hydrogen (secondary N) is 1. The van der Waals surface area contributed by atoms with Crippen LogP contribution in [0.3, 0.4) is 0 Å². The van der Waals surface area contributed by atoms with Gasteiger partial charge < -0.3 is 10.2 Å². The largest absolute Gasteiger partial charge is 0.341 e. The van der Waals surface area contributed by atoms with Crippen LogP contribution in [0, 0.1) is 5.41 Å². The number of carbonyl (C=O) groups is 1. The van der Waals surface area contributed by atoms with Crippen molar-refractivity contribution < 1.29 is 4.79 Å². The first-order valence-corrected chi connectivity index (χ1v) is 6.46. The fourth-order valence-corrected chi connectivity index (χ4v) is 2.23. The first-order valence-electron chi connectivity index (χ1n) is 6.46. The first kappa shape index (κ1) is 13.5. The summed E-state index contributed by atoms with van der Waals surface area (Å²) in [6.07, 6.45) is 2.86. The fraction of sp³-hybridized carbons (Fsp3) is 0.923. The Morgan fingerprint density at radius 2 is 2.12 bits per heavy atom. The molecule has 1 amide bonds. The Hall–Kier alpha value is -0.570. The molecule has 0 aromatic carbocycles. The van der Waals surface area contributed by atoms with Gasteiger partial charge in [-0.3, -0.25) is 4.79 Å². The van der Waals surface area contributed by atoms with E-state index in [0.717, 1.165) is 32.5 Å². The highest BCUT2D eigenvalue weighted by molar-refractivity contribution is 5.76. The minimum absolute atomic E-state index is 0.325. The molecule has 0 aromatic heterocycles. The molecule has 1 heterocycles. The molecule has 0 saturated carbocycles. The Labute approximate surface area is 99.6 Å². The molecule has 0 bridgehead atoms. The topological polar surface area (TPSA) is 32.3 Å². The van der Waals surface area contributed by atoms with E-state index in [1.165, 1.54) is 0 Å². The van der Waals surface area contributed by atoms with Gasteiger partial charge in [0.2, 0.25) is 5.91 Å². The predicted molar refractivity (Wildman–Crippen MR) is 67.4 cm³/mol. The summed E-state index contributed by atoms with van der Waals surface area (Å²) in [6, 6.07) is 0.398. The first-order chi connectivity index (χ1) is 7.44. The van der Waals surface area contributed by atoms with E-state index in [1.807, 2.05) is 4.90 Å². The number of hydrogen-bond acceptors (Lipinski definition) is 2. The molecule has 0 aliphatic carbocycles. The summed E-state index contributed by atoms with van der Waals surface area (Å²) in [5.41, 5.74) is 0.325. The van der Waals surface area contributed by atoms with E-state index in [2.05, 4.69) is 33.0 Å². The highest BCUT2D eigenvalue weighted by atomic mass is 16.2. The van der Waals surface area contributed by atoms with Crippen LogP contribution in [0.5, 0.6) is 0 Å². The van der Waals surface area contributed by atoms with Crippen molar-refractivity contribution in [3.8, 4) is 0 Å². The third-order valence-electron chi connectivity index (χ3n) is 3.47. The number of hydrogen-bond donors (Lipinski definition) is 1. The van der Waals surface area contributed by atoms with Crippen LogP contribution in [0.15, 0.2) is 0 Å². The third kappa shape index (κ3) is 4.12. The van der Waals surface area contributed by atoms with Gasteiger partial charge in [0.25, 0.3) is 0 Å². The second-order valence-electron chi connectivity index (χ2n) is 5.71. The molecule has 94 valence electrons. The van der Waals surface area contributed by atoms with Crippen molar-refractivity contribution >= 4 is 5.91 Å². The molecule has 3 nitrogen and oxygen atoms in total. The summed E-state index contributed by atoms with van der Waals surface area (Å²) in [5.74, 6) is 0.329. The molecule has 3 heteroatoms. The van der Waals surface area contributed by atoms with E-state index in [-0.39, 0.29) is 0 Å². The lowest BCUT2D eigenvalue weighted by molar-refractivity contribution is -0.131. The molecule has 0 radical (unpaired) electrons. The SMILES string of the molecule is CCNC(C)CN1CCC(C)(C)CCC1=O. The summed E-state index contributed by atoms with van der Waals surface area (Å²) < 4.78 is 0. The van der Waals surface area contributed by atoms with E-state index >= 15 is 0 Å². The minimum atomic E-state index is 0.325. The maximum absolute atomic E-state index is 11.9. The molecule has 1 aliphatic rings. The summed E-state index contributed by atoms with van der Waals surface area (Å²) in [7, 11) is 0. The molecular formula is C13H26N2O. The molecule has 0 spiro atoms. The van der Waals surface area contributed by atoms with Crippen molar-refractivity contribution in [1.82, 2.24) is 10.2 Å². The lowest BCUT2D eigenvalue weighted by Gasteiger charge is -2.26. The number of carbonyl (C=O) groups excluding carboxylic acids is 1. The molecule has 16 heavy (non-hydrogen) atoms. The normalized spacial score (nSPS) is 23.0. The van der Waals surface area contributed by atoms with Crippen molar-refractivity contribution in [2.75, 3.05) is 19.6 Å². The van der Waals surface area contributed by atoms with E-state index in [0.29, 0.717) is 23.8 Å². The quantitative estimate of drug-likeness (QED) is 0.795. The van der Waals surface area contributed by atoms with E-state index in [9.17, 15) is 4.79 Å². The van der Waals surface area contributed by atoms with Gasteiger partial charge in [0.1, 0.15) is 0 Å². The predicted octanol–water partition coefficient (Wildman–Crippen LogP) is 2.02. The van der Waals surface area contributed by atoms with Crippen LogP contribution in [0.25, 0.3) is 0 Å². The summed E-state index contributed by atoms with van der Waals surface area (Å²) >= 11 is 0. The molecule has 0 aromatic rings. The number of likely N-dealkylation sites (N-methyl/N-ethyl adjacent to an activating group) is 1. The number of likely N-dealkylation sites (tertiary alicyclic amines) is 1. The maximum Gasteiger partial charge on any atom is 0.222 e. The molecule has 1 aliphatic heterocycles. The van der Waals surface area contributed by atoms with Crippen molar-refractivity contribution in [1.29, 1.82) is 0 Å². The molecular weight excluding hydrogens is 200 g/mol. The van der Waals surface area contributed by atoms with Gasteiger partial charge in [-0.15, -0.1) is 0 Å². The fourth-order valence-electron chi connectivity index (χ4n) is 2.23. The lowest BCUT2D eigenvalue weighted by Crippen LogP contribution is -2.42. The van der Waals surface area contributed by atoms with Gasteiger partial charge in [0, 0.05) is 25.6 Å². The Balaban J connectivity index is 2.49. The second kappa shape index (κ2) is 5.67. The minimum Gasteiger partial charge on any atom is -0.341 e. The van der Waals surface area contributed by atoms with Gasteiger partial charge in [0.05, 0.1) is 0 Å². The zero-order chi connectivity index (χ0) is 12.2. The maximum atomic E-state index is 11.9. The Kier molecular flexibility index (Phi) is 4.78. The average Bonchev–Trinajstić information content (AvgIpc) is 2.31. The summed E-state index contributed by atoms with van der Waals surface area (Å²) in [5, 5.41) is 3.36. The third-order valence-corrected chi connectivity index (χ3v) is 3.47. The van der Waals surface area contributed by atoms with Gasteiger partial charge in [-0.1, -0.05) is 20.8 Å². The Morgan fingerprint density at radius 3 is 2.75 bits per heavy atom. The monoisotopic (exact) mass is 226 g/mol. The zero-order valence-electron chi connectivity index (χ0n) is 11.2. The number of rotatable bonds is 4. The van der Waals surface area contributed by atoms with Crippen LogP contribution >= 0.6 is 0 Å². The number of nitrogens with zero attached hydrogens (tertiary/aromatic N) is 1. The molecule has 1 atom stereocenters. The van der Waals surface area contributed by atoms with E-state index in [1.54, 1.807) is 0 Å². The van der Waals surface area contributed by atoms with Gasteiger partial charge in [0.15, 0.2) is 0 Å². The molecule has 1 N–H and O–H groups in total. The van der Waals surface area contributed by atoms with Crippen LogP contribution in [-0.2, 0) is 4.79 Å². The second-order valence-corrected chi connectivity index (χ2v) is 5.71. The molecule has 1 saturated heterocycles. The molecule has 1 fully saturated rings. The van der Waals surface area contributed by atoms with Crippen LogP contribution in [0.4, 0.5) is 0 Å². The molecule has 1 rings (SSSR count). The highest BCUT2D eigenvalue weighted by Crippen LogP contribution is 2.30. The summed E-state index contributed by atoms with van der Waals surface area (Å²) in [6.45, 7) is 11.5. The Morgan fingerprint density at radius 1 is 1.44 bits per heavy atom. The van der Waals surface area contributed by atoms with Crippen molar-refractivity contribution in [3.05, 3.63) is 0 Å². The van der Waals surface area contributed by atoms with Crippen LogP contribution in [0.2, 0.25) is 0 Å². The van der Waals surface area contributed by atoms with Crippen molar-refractivity contribution in [2.24, 2.45) is 5.41 Å². The van der Waals surface area contributed by atoms with Crippen molar-refractivity contribution in [2.45, 2.75) is 53.0 Å². The zero-order valence-corrected chi connectivity index (χ0v) is 11.2. The summed E-state index contributed by atoms with van der Waals surface area (Å²) in [4.78, 5) is 14.0. The average molecular weight is 226 g/mol. The standard InChI is InChI=1S/C13H26N2O/c1-5-14-11(2)10-15-9-8-13(3,4)7-6-12(15)16/h11,14H,5-10H2,1-4H3. The van der Waals surface area contributed by atoms with Gasteiger partial charge in [-0.25, -0.2) is 0 Å². The number of amides is 1. The highest BCUT2D eigenvalue weighted by Gasteiger charge is 2.27. The van der Waals surface area contributed by atoms with E-state index in [4.69, 9.17) is 0 Å². The van der Waals surface area contributed by atoms with Crippen LogP contribution in [0.1, 0.15) is 47.0 Å². The molecule has 1 unspecified atom stereocenters.